The fourth-order valence-corrected chi connectivity index (χ4v) is 7.36. The number of rotatable bonds is 8. The van der Waals surface area contributed by atoms with Gasteiger partial charge in [0.1, 0.15) is 0 Å². The van der Waals surface area contributed by atoms with E-state index in [0.717, 1.165) is 58.4 Å². The van der Waals surface area contributed by atoms with Gasteiger partial charge in [0.15, 0.2) is 11.6 Å². The summed E-state index contributed by atoms with van der Waals surface area (Å²) in [7, 11) is 0. The average Bonchev–Trinajstić information content (AvgIpc) is 3.21. The molecule has 0 amide bonds. The van der Waals surface area contributed by atoms with Gasteiger partial charge in [-0.2, -0.15) is 0 Å². The number of pyridine rings is 6. The molecule has 56 heavy (non-hydrogen) atoms. The fraction of sp³-hybridized carbons (Fsp3) is 0.289. The summed E-state index contributed by atoms with van der Waals surface area (Å²) >= 11 is 0. The van der Waals surface area contributed by atoms with E-state index in [1.54, 1.807) is 0 Å². The van der Waals surface area contributed by atoms with Crippen molar-refractivity contribution in [3.63, 3.8) is 0 Å². The Morgan fingerprint density at radius 1 is 0.482 bits per heavy atom. The van der Waals surface area contributed by atoms with Crippen LogP contribution < -0.4 is 5.73 Å². The molecule has 14 bridgehead atoms. The second-order valence-electron chi connectivity index (χ2n) is 14.7. The summed E-state index contributed by atoms with van der Waals surface area (Å²) < 4.78 is 0. The molecule has 11 nitrogen and oxygen atoms in total. The van der Waals surface area contributed by atoms with Crippen LogP contribution in [0.2, 0.25) is 0 Å². The monoisotopic (exact) mass is 743 g/mol. The van der Waals surface area contributed by atoms with Crippen LogP contribution in [0.5, 0.6) is 0 Å². The quantitative estimate of drug-likeness (QED) is 0.156. The van der Waals surface area contributed by atoms with Crippen molar-refractivity contribution in [3.8, 4) is 34.2 Å². The number of aromatic nitrogens is 6. The van der Waals surface area contributed by atoms with Crippen LogP contribution in [0.1, 0.15) is 93.9 Å². The van der Waals surface area contributed by atoms with E-state index in [-0.39, 0.29) is 11.6 Å². The summed E-state index contributed by atoms with van der Waals surface area (Å²) in [5.41, 5.74) is 16.1. The Hall–Kier alpha value is -5.88. The number of ketones is 2. The first-order valence-corrected chi connectivity index (χ1v) is 19.5. The van der Waals surface area contributed by atoms with Crippen molar-refractivity contribution >= 4 is 11.6 Å². The molecule has 0 spiro atoms. The first-order chi connectivity index (χ1) is 27.4. The molecule has 11 heteroatoms. The van der Waals surface area contributed by atoms with Crippen LogP contribution in [0, 0.1) is 0 Å². The molecule has 0 fully saturated rings. The van der Waals surface area contributed by atoms with Crippen molar-refractivity contribution < 1.29 is 9.59 Å². The molecule has 0 saturated carbocycles. The third kappa shape index (κ3) is 8.81. The van der Waals surface area contributed by atoms with E-state index < -0.39 is 0 Å². The summed E-state index contributed by atoms with van der Waals surface area (Å²) in [6.45, 7) is 5.22. The maximum Gasteiger partial charge on any atom is 0.163 e. The number of unbranched alkanes of at least 4 members (excludes halogenated alkanes) is 1. The summed E-state index contributed by atoms with van der Waals surface area (Å²) in [5, 5.41) is 0. The Morgan fingerprint density at radius 2 is 0.821 bits per heavy atom. The molecule has 0 saturated heterocycles. The Kier molecular flexibility index (Phi) is 11.2. The fourth-order valence-electron chi connectivity index (χ4n) is 7.36. The predicted molar refractivity (Wildman–Crippen MR) is 215 cm³/mol. The molecule has 3 aliphatic rings. The van der Waals surface area contributed by atoms with Crippen LogP contribution in [-0.2, 0) is 39.3 Å². The molecule has 3 aliphatic heterocycles. The number of nitrogens with two attached hydrogens (primary N) is 1. The van der Waals surface area contributed by atoms with Crippen LogP contribution in [-0.4, -0.2) is 57.8 Å². The van der Waals surface area contributed by atoms with Gasteiger partial charge < -0.3 is 5.73 Å². The Labute approximate surface area is 327 Å². The zero-order valence-electron chi connectivity index (χ0n) is 31.7. The lowest BCUT2D eigenvalue weighted by molar-refractivity contribution is 0.0972. The maximum atomic E-state index is 13.7. The van der Waals surface area contributed by atoms with Crippen LogP contribution in [0.4, 0.5) is 0 Å². The van der Waals surface area contributed by atoms with Gasteiger partial charge >= 0.3 is 0 Å². The van der Waals surface area contributed by atoms with Crippen molar-refractivity contribution in [2.75, 3.05) is 6.54 Å². The summed E-state index contributed by atoms with van der Waals surface area (Å²) in [6, 6.07) is 31.6. The Morgan fingerprint density at radius 3 is 1.18 bits per heavy atom. The zero-order valence-corrected chi connectivity index (χ0v) is 31.7. The van der Waals surface area contributed by atoms with E-state index in [4.69, 9.17) is 35.6 Å². The minimum atomic E-state index is -0.0104. The standard InChI is InChI=1S/C45H45N9O2/c1-2-3-17-44(55)30-20-36-28-53-24-32-9-4-13-38(47-32)40-15-6-11-34(49-40)26-54(27-35-12-7-16-41(50-35)39-14-5-10-33(25-53)48-39)29-37-21-31(45(56)18-8-19-46)23-43(52-37)42(22-30)51-36/h4-7,9-16,20-23H,2-3,8,17-19,24-29,46H2,1H3. The van der Waals surface area contributed by atoms with Crippen LogP contribution >= 0.6 is 0 Å². The first kappa shape index (κ1) is 37.1. The topological polar surface area (TPSA) is 144 Å². The molecule has 0 radical (unpaired) electrons. The van der Waals surface area contributed by atoms with Gasteiger partial charge in [-0.3, -0.25) is 19.4 Å². The minimum absolute atomic E-state index is 0.0104. The highest BCUT2D eigenvalue weighted by atomic mass is 16.1. The highest BCUT2D eigenvalue weighted by molar-refractivity contribution is 5.98. The number of Topliss-reactive ketones (excluding diaryl/α,β-unsaturated/α-hetero) is 2. The molecule has 9 rings (SSSR count). The minimum Gasteiger partial charge on any atom is -0.330 e. The van der Waals surface area contributed by atoms with Gasteiger partial charge in [-0.1, -0.05) is 37.6 Å². The van der Waals surface area contributed by atoms with Crippen LogP contribution in [0.3, 0.4) is 0 Å². The van der Waals surface area contributed by atoms with Crippen molar-refractivity contribution in [1.82, 2.24) is 39.7 Å². The van der Waals surface area contributed by atoms with Gasteiger partial charge in [0, 0.05) is 63.2 Å². The molecule has 6 aromatic rings. The van der Waals surface area contributed by atoms with Crippen LogP contribution in [0.25, 0.3) is 34.2 Å². The lowest BCUT2D eigenvalue weighted by atomic mass is 10.0. The molecule has 0 unspecified atom stereocenters. The van der Waals surface area contributed by atoms with Gasteiger partial charge in [-0.15, -0.1) is 0 Å². The van der Waals surface area contributed by atoms with Gasteiger partial charge in [-0.05, 0) is 92.2 Å². The van der Waals surface area contributed by atoms with E-state index in [9.17, 15) is 9.59 Å². The van der Waals surface area contributed by atoms with Gasteiger partial charge in [0.2, 0.25) is 0 Å². The molecule has 0 aromatic carbocycles. The lowest BCUT2D eigenvalue weighted by Crippen LogP contribution is -2.25. The molecule has 6 aromatic heterocycles. The smallest absolute Gasteiger partial charge is 0.163 e. The number of carbonyl (C=O) groups excluding carboxylic acids is 2. The molecular formula is C45H45N9O2. The summed E-state index contributed by atoms with van der Waals surface area (Å²) in [4.78, 5) is 62.7. The molecular weight excluding hydrogens is 699 g/mol. The molecule has 0 atom stereocenters. The predicted octanol–water partition coefficient (Wildman–Crippen LogP) is 7.38. The Bertz CT molecular complexity index is 2140. The second-order valence-corrected chi connectivity index (χ2v) is 14.7. The van der Waals surface area contributed by atoms with Gasteiger partial charge in [0.05, 0.1) is 68.3 Å². The van der Waals surface area contributed by atoms with Crippen molar-refractivity contribution in [2.45, 2.75) is 78.3 Å². The molecule has 9 heterocycles. The number of hydrogen-bond acceptors (Lipinski definition) is 11. The highest BCUT2D eigenvalue weighted by Gasteiger charge is 2.21. The van der Waals surface area contributed by atoms with Crippen LogP contribution in [0.15, 0.2) is 97.1 Å². The third-order valence-electron chi connectivity index (χ3n) is 10.1. The zero-order chi connectivity index (χ0) is 38.4. The first-order valence-electron chi connectivity index (χ1n) is 19.5. The largest absolute Gasteiger partial charge is 0.330 e. The molecule has 0 aliphatic carbocycles. The molecule has 282 valence electrons. The number of hydrogen-bond donors (Lipinski definition) is 1. The van der Waals surface area contributed by atoms with Gasteiger partial charge in [-0.25, -0.2) is 29.9 Å². The second kappa shape index (κ2) is 16.9. The van der Waals surface area contributed by atoms with E-state index >= 15 is 0 Å². The Balaban J connectivity index is 1.36. The SMILES string of the molecule is CCCCC(=O)c1cc2nc(c1)-c1cc(C(=O)CCCN)cc(n1)CN1Cc3cccc(n3)-c3cccc(n3)CN(Cc3cccc(n3)-c3cccc(n3)C1)C2. The van der Waals surface area contributed by atoms with E-state index in [2.05, 4.69) is 16.7 Å². The highest BCUT2D eigenvalue weighted by Crippen LogP contribution is 2.27. The number of carbonyl (C=O) groups is 2. The summed E-state index contributed by atoms with van der Waals surface area (Å²) in [6.07, 6.45) is 3.04. The summed E-state index contributed by atoms with van der Waals surface area (Å²) in [5.74, 6) is 0.0453. The van der Waals surface area contributed by atoms with Crippen molar-refractivity contribution in [1.29, 1.82) is 0 Å². The van der Waals surface area contributed by atoms with Crippen molar-refractivity contribution in [2.24, 2.45) is 5.73 Å². The molecule has 2 N–H and O–H groups in total. The maximum absolute atomic E-state index is 13.7. The van der Waals surface area contributed by atoms with Gasteiger partial charge in [0.25, 0.3) is 0 Å². The normalized spacial score (nSPS) is 16.2. The van der Waals surface area contributed by atoms with E-state index in [1.165, 1.54) is 0 Å². The number of nitrogens with zero attached hydrogens (tertiary/aromatic N) is 8. The van der Waals surface area contributed by atoms with E-state index in [1.807, 2.05) is 97.1 Å². The third-order valence-corrected chi connectivity index (χ3v) is 10.1. The van der Waals surface area contributed by atoms with Crippen molar-refractivity contribution in [3.05, 3.63) is 142 Å². The lowest BCUT2D eigenvalue weighted by Gasteiger charge is -2.24. The average molecular weight is 744 g/mol. The van der Waals surface area contributed by atoms with E-state index in [0.29, 0.717) is 99.0 Å².